The van der Waals surface area contributed by atoms with Crippen LogP contribution in [0.25, 0.3) is 0 Å². The van der Waals surface area contributed by atoms with E-state index in [2.05, 4.69) is 4.72 Å². The van der Waals surface area contributed by atoms with E-state index in [1.54, 1.807) is 0 Å². The number of rotatable bonds is 5. The minimum atomic E-state index is -3.34. The van der Waals surface area contributed by atoms with Crippen LogP contribution in [-0.4, -0.2) is 45.6 Å². The molecule has 0 radical (unpaired) electrons. The van der Waals surface area contributed by atoms with Gasteiger partial charge in [0.25, 0.3) is 5.91 Å². The van der Waals surface area contributed by atoms with Gasteiger partial charge in [0, 0.05) is 26.2 Å². The number of nitrogens with one attached hydrogen (secondary N) is 1. The second-order valence-corrected chi connectivity index (χ2v) is 5.85. The van der Waals surface area contributed by atoms with E-state index in [4.69, 9.17) is 0 Å². The minimum absolute atomic E-state index is 0.0177. The molecule has 1 aromatic carbocycles. The zero-order chi connectivity index (χ0) is 14.6. The molecule has 1 N–H and O–H groups in total. The average molecular weight is 292 g/mol. The van der Waals surface area contributed by atoms with Crippen molar-refractivity contribution in [3.63, 3.8) is 0 Å². The molecule has 1 rings (SSSR count). The van der Waals surface area contributed by atoms with E-state index in [0.29, 0.717) is 6.07 Å². The fourth-order valence-electron chi connectivity index (χ4n) is 1.37. The lowest BCUT2D eigenvalue weighted by Crippen LogP contribution is -2.36. The summed E-state index contributed by atoms with van der Waals surface area (Å²) >= 11 is 0. The second kappa shape index (κ2) is 6.07. The Kier molecular flexibility index (Phi) is 4.96. The zero-order valence-electron chi connectivity index (χ0n) is 10.5. The SMILES string of the molecule is CN(CCNS(C)(=O)=O)C(=O)c1ccc(F)cc1F. The summed E-state index contributed by atoms with van der Waals surface area (Å²) in [7, 11) is -1.94. The Morgan fingerprint density at radius 2 is 2.00 bits per heavy atom. The predicted octanol–water partition coefficient (Wildman–Crippen LogP) is 0.586. The van der Waals surface area contributed by atoms with Crippen LogP contribution >= 0.6 is 0 Å². The number of halogens is 2. The highest BCUT2D eigenvalue weighted by molar-refractivity contribution is 7.88. The van der Waals surface area contributed by atoms with Gasteiger partial charge in [-0.3, -0.25) is 4.79 Å². The van der Waals surface area contributed by atoms with Crippen molar-refractivity contribution < 1.29 is 22.0 Å². The lowest BCUT2D eigenvalue weighted by molar-refractivity contribution is 0.0793. The summed E-state index contributed by atoms with van der Waals surface area (Å²) in [5, 5.41) is 0. The Hall–Kier alpha value is -1.54. The summed E-state index contributed by atoms with van der Waals surface area (Å²) in [6.45, 7) is 0.0899. The second-order valence-electron chi connectivity index (χ2n) is 4.02. The van der Waals surface area contributed by atoms with E-state index in [1.807, 2.05) is 0 Å². The van der Waals surface area contributed by atoms with Gasteiger partial charge in [-0.2, -0.15) is 0 Å². The summed E-state index contributed by atoms with van der Waals surface area (Å²) in [5.41, 5.74) is -0.261. The van der Waals surface area contributed by atoms with Crippen LogP contribution in [0.1, 0.15) is 10.4 Å². The molecule has 0 aliphatic rings. The van der Waals surface area contributed by atoms with Gasteiger partial charge in [0.1, 0.15) is 11.6 Å². The van der Waals surface area contributed by atoms with Crippen molar-refractivity contribution in [2.45, 2.75) is 0 Å². The predicted molar refractivity (Wildman–Crippen MR) is 66.2 cm³/mol. The number of benzene rings is 1. The van der Waals surface area contributed by atoms with Gasteiger partial charge in [0.2, 0.25) is 10.0 Å². The Morgan fingerprint density at radius 1 is 1.37 bits per heavy atom. The van der Waals surface area contributed by atoms with Gasteiger partial charge in [-0.25, -0.2) is 21.9 Å². The van der Waals surface area contributed by atoms with E-state index in [-0.39, 0.29) is 18.7 Å². The van der Waals surface area contributed by atoms with E-state index in [0.717, 1.165) is 23.3 Å². The number of nitrogens with zero attached hydrogens (tertiary/aromatic N) is 1. The van der Waals surface area contributed by atoms with Crippen molar-refractivity contribution >= 4 is 15.9 Å². The van der Waals surface area contributed by atoms with Crippen LogP contribution in [-0.2, 0) is 10.0 Å². The molecule has 0 saturated heterocycles. The highest BCUT2D eigenvalue weighted by atomic mass is 32.2. The number of carbonyl (C=O) groups is 1. The van der Waals surface area contributed by atoms with Crippen LogP contribution in [0.5, 0.6) is 0 Å². The molecule has 5 nitrogen and oxygen atoms in total. The number of sulfonamides is 1. The smallest absolute Gasteiger partial charge is 0.256 e. The molecule has 8 heteroatoms. The fraction of sp³-hybridized carbons (Fsp3) is 0.364. The monoisotopic (exact) mass is 292 g/mol. The van der Waals surface area contributed by atoms with Gasteiger partial charge in [-0.15, -0.1) is 0 Å². The molecule has 1 aromatic rings. The van der Waals surface area contributed by atoms with Crippen LogP contribution < -0.4 is 4.72 Å². The average Bonchev–Trinajstić information content (AvgIpc) is 2.26. The Morgan fingerprint density at radius 3 is 2.53 bits per heavy atom. The highest BCUT2D eigenvalue weighted by Crippen LogP contribution is 2.11. The first kappa shape index (κ1) is 15.5. The topological polar surface area (TPSA) is 66.5 Å². The van der Waals surface area contributed by atoms with Crippen molar-refractivity contribution in [3.05, 3.63) is 35.4 Å². The molecule has 0 aromatic heterocycles. The first-order valence-electron chi connectivity index (χ1n) is 5.36. The molecular weight excluding hydrogens is 278 g/mol. The number of hydrogen-bond acceptors (Lipinski definition) is 3. The molecule has 0 aliphatic carbocycles. The van der Waals surface area contributed by atoms with Crippen LogP contribution in [0.2, 0.25) is 0 Å². The quantitative estimate of drug-likeness (QED) is 0.863. The molecule has 0 heterocycles. The van der Waals surface area contributed by atoms with Crippen molar-refractivity contribution in [1.29, 1.82) is 0 Å². The van der Waals surface area contributed by atoms with Gasteiger partial charge in [-0.1, -0.05) is 0 Å². The Bertz CT molecular complexity index is 575. The van der Waals surface area contributed by atoms with Crippen molar-refractivity contribution in [3.8, 4) is 0 Å². The van der Waals surface area contributed by atoms with E-state index in [9.17, 15) is 22.0 Å². The molecular formula is C11H14F2N2O3S. The number of amides is 1. The molecule has 0 spiro atoms. The molecule has 106 valence electrons. The van der Waals surface area contributed by atoms with Gasteiger partial charge in [0.15, 0.2) is 0 Å². The van der Waals surface area contributed by atoms with E-state index in [1.165, 1.54) is 7.05 Å². The van der Waals surface area contributed by atoms with Gasteiger partial charge < -0.3 is 4.90 Å². The maximum absolute atomic E-state index is 13.4. The third-order valence-corrected chi connectivity index (χ3v) is 3.05. The normalized spacial score (nSPS) is 11.4. The molecule has 0 bridgehead atoms. The van der Waals surface area contributed by atoms with Crippen LogP contribution in [0.3, 0.4) is 0 Å². The Balaban J connectivity index is 2.67. The molecule has 19 heavy (non-hydrogen) atoms. The lowest BCUT2D eigenvalue weighted by Gasteiger charge is -2.17. The maximum Gasteiger partial charge on any atom is 0.256 e. The molecule has 0 saturated carbocycles. The van der Waals surface area contributed by atoms with E-state index >= 15 is 0 Å². The lowest BCUT2D eigenvalue weighted by atomic mass is 10.2. The molecule has 0 unspecified atom stereocenters. The first-order chi connectivity index (χ1) is 8.70. The fourth-order valence-corrected chi connectivity index (χ4v) is 1.83. The van der Waals surface area contributed by atoms with Crippen LogP contribution in [0.4, 0.5) is 8.78 Å². The van der Waals surface area contributed by atoms with Gasteiger partial charge in [-0.05, 0) is 12.1 Å². The van der Waals surface area contributed by atoms with Crippen molar-refractivity contribution in [2.75, 3.05) is 26.4 Å². The van der Waals surface area contributed by atoms with Gasteiger partial charge >= 0.3 is 0 Å². The number of carbonyl (C=O) groups excluding carboxylic acids is 1. The highest BCUT2D eigenvalue weighted by Gasteiger charge is 2.16. The van der Waals surface area contributed by atoms with Crippen molar-refractivity contribution in [2.24, 2.45) is 0 Å². The largest absolute Gasteiger partial charge is 0.340 e. The summed E-state index contributed by atoms with van der Waals surface area (Å²) < 4.78 is 49.9. The number of likely N-dealkylation sites (N-methyl/N-ethyl adjacent to an activating group) is 1. The molecule has 0 atom stereocenters. The minimum Gasteiger partial charge on any atom is -0.340 e. The standard InChI is InChI=1S/C11H14F2N2O3S/c1-15(6-5-14-19(2,17)18)11(16)9-4-3-8(12)7-10(9)13/h3-4,7,14H,5-6H2,1-2H3. The summed E-state index contributed by atoms with van der Waals surface area (Å²) in [6, 6.07) is 2.65. The third-order valence-electron chi connectivity index (χ3n) is 2.32. The molecule has 1 amide bonds. The first-order valence-corrected chi connectivity index (χ1v) is 7.25. The maximum atomic E-state index is 13.4. The van der Waals surface area contributed by atoms with Crippen molar-refractivity contribution in [1.82, 2.24) is 9.62 Å². The summed E-state index contributed by atoms with van der Waals surface area (Å²) in [4.78, 5) is 13.0. The summed E-state index contributed by atoms with van der Waals surface area (Å²) in [6.07, 6.45) is 0.995. The van der Waals surface area contributed by atoms with E-state index < -0.39 is 27.6 Å². The Labute approximate surface area is 110 Å². The van der Waals surface area contributed by atoms with Gasteiger partial charge in [0.05, 0.1) is 11.8 Å². The third kappa shape index (κ3) is 4.92. The zero-order valence-corrected chi connectivity index (χ0v) is 11.3. The number of hydrogen-bond donors (Lipinski definition) is 1. The van der Waals surface area contributed by atoms with Crippen LogP contribution in [0.15, 0.2) is 18.2 Å². The molecule has 0 fully saturated rings. The molecule has 0 aliphatic heterocycles. The van der Waals surface area contributed by atoms with Crippen LogP contribution in [0, 0.1) is 11.6 Å². The summed E-state index contributed by atoms with van der Waals surface area (Å²) in [5.74, 6) is -2.36.